The minimum Gasteiger partial charge on any atom is -0.466 e. The Hall–Kier alpha value is -0.570. The SMILES string of the molecule is CCOC(=O)CC(C)OC(C)CC(C)C. The maximum Gasteiger partial charge on any atom is 0.308 e. The van der Waals surface area contributed by atoms with Gasteiger partial charge in [-0.1, -0.05) is 13.8 Å². The Morgan fingerprint density at radius 1 is 1.13 bits per heavy atom. The van der Waals surface area contributed by atoms with Crippen LogP contribution in [0.5, 0.6) is 0 Å². The largest absolute Gasteiger partial charge is 0.466 e. The molecular formula is C12H24O3. The van der Waals surface area contributed by atoms with E-state index in [1.807, 2.05) is 20.8 Å². The average molecular weight is 216 g/mol. The van der Waals surface area contributed by atoms with Crippen molar-refractivity contribution in [2.24, 2.45) is 5.92 Å². The summed E-state index contributed by atoms with van der Waals surface area (Å²) in [6, 6.07) is 0. The van der Waals surface area contributed by atoms with Crippen LogP contribution in [0, 0.1) is 5.92 Å². The van der Waals surface area contributed by atoms with Crippen LogP contribution in [0.1, 0.15) is 47.5 Å². The van der Waals surface area contributed by atoms with Crippen LogP contribution < -0.4 is 0 Å². The van der Waals surface area contributed by atoms with Crippen molar-refractivity contribution in [1.29, 1.82) is 0 Å². The molecule has 0 aliphatic carbocycles. The van der Waals surface area contributed by atoms with E-state index in [0.717, 1.165) is 6.42 Å². The average Bonchev–Trinajstić information content (AvgIpc) is 2.00. The Bertz CT molecular complexity index is 178. The number of hydrogen-bond acceptors (Lipinski definition) is 3. The lowest BCUT2D eigenvalue weighted by molar-refractivity contribution is -0.147. The Morgan fingerprint density at radius 2 is 1.73 bits per heavy atom. The van der Waals surface area contributed by atoms with Crippen molar-refractivity contribution >= 4 is 5.97 Å². The van der Waals surface area contributed by atoms with Crippen LogP contribution in [0.4, 0.5) is 0 Å². The van der Waals surface area contributed by atoms with Crippen LogP contribution in [0.3, 0.4) is 0 Å². The molecule has 3 heteroatoms. The number of hydrogen-bond donors (Lipinski definition) is 0. The molecule has 0 radical (unpaired) electrons. The summed E-state index contributed by atoms with van der Waals surface area (Å²) in [6.45, 7) is 10.5. The Kier molecular flexibility index (Phi) is 7.39. The fourth-order valence-corrected chi connectivity index (χ4v) is 1.62. The monoisotopic (exact) mass is 216 g/mol. The molecule has 0 aliphatic heterocycles. The van der Waals surface area contributed by atoms with Crippen molar-refractivity contribution in [3.05, 3.63) is 0 Å². The third-order valence-corrected chi connectivity index (χ3v) is 2.03. The van der Waals surface area contributed by atoms with E-state index in [2.05, 4.69) is 13.8 Å². The van der Waals surface area contributed by atoms with Crippen LogP contribution in [-0.4, -0.2) is 24.8 Å². The lowest BCUT2D eigenvalue weighted by Crippen LogP contribution is -2.22. The number of carbonyl (C=O) groups is 1. The van der Waals surface area contributed by atoms with Gasteiger partial charge in [0.1, 0.15) is 0 Å². The summed E-state index contributed by atoms with van der Waals surface area (Å²) in [5.41, 5.74) is 0. The lowest BCUT2D eigenvalue weighted by atomic mass is 10.1. The van der Waals surface area contributed by atoms with Gasteiger partial charge < -0.3 is 9.47 Å². The summed E-state index contributed by atoms with van der Waals surface area (Å²) in [7, 11) is 0. The van der Waals surface area contributed by atoms with Gasteiger partial charge in [0.15, 0.2) is 0 Å². The number of carbonyl (C=O) groups excluding carboxylic acids is 1. The number of esters is 1. The third-order valence-electron chi connectivity index (χ3n) is 2.03. The molecule has 15 heavy (non-hydrogen) atoms. The van der Waals surface area contributed by atoms with E-state index in [9.17, 15) is 4.79 Å². The molecule has 0 bridgehead atoms. The fourth-order valence-electron chi connectivity index (χ4n) is 1.62. The molecule has 0 N–H and O–H groups in total. The van der Waals surface area contributed by atoms with Gasteiger partial charge in [0.25, 0.3) is 0 Å². The smallest absolute Gasteiger partial charge is 0.308 e. The molecule has 0 saturated heterocycles. The van der Waals surface area contributed by atoms with E-state index in [1.165, 1.54) is 0 Å². The molecule has 0 spiro atoms. The number of rotatable bonds is 7. The molecule has 0 amide bonds. The van der Waals surface area contributed by atoms with Gasteiger partial charge in [0.05, 0.1) is 25.2 Å². The van der Waals surface area contributed by atoms with Crippen molar-refractivity contribution in [3.63, 3.8) is 0 Å². The molecule has 0 rings (SSSR count). The molecule has 0 aromatic carbocycles. The second-order valence-corrected chi connectivity index (χ2v) is 4.40. The quantitative estimate of drug-likeness (QED) is 0.614. The number of ether oxygens (including phenoxy) is 2. The molecule has 0 saturated carbocycles. The zero-order valence-corrected chi connectivity index (χ0v) is 10.6. The van der Waals surface area contributed by atoms with Crippen molar-refractivity contribution in [2.45, 2.75) is 59.7 Å². The minimum atomic E-state index is -0.179. The topological polar surface area (TPSA) is 35.5 Å². The van der Waals surface area contributed by atoms with Gasteiger partial charge in [0, 0.05) is 0 Å². The predicted molar refractivity (Wildman–Crippen MR) is 60.7 cm³/mol. The Labute approximate surface area is 93.1 Å². The molecule has 3 nitrogen and oxygen atoms in total. The van der Waals surface area contributed by atoms with Crippen LogP contribution in [0.25, 0.3) is 0 Å². The van der Waals surface area contributed by atoms with Gasteiger partial charge in [-0.25, -0.2) is 0 Å². The fraction of sp³-hybridized carbons (Fsp3) is 0.917. The molecule has 2 atom stereocenters. The van der Waals surface area contributed by atoms with Gasteiger partial charge >= 0.3 is 5.97 Å². The van der Waals surface area contributed by atoms with Crippen molar-refractivity contribution < 1.29 is 14.3 Å². The first-order valence-corrected chi connectivity index (χ1v) is 5.76. The molecule has 0 aromatic heterocycles. The predicted octanol–water partition coefficient (Wildman–Crippen LogP) is 2.78. The molecule has 2 unspecified atom stereocenters. The standard InChI is InChI=1S/C12H24O3/c1-6-14-12(13)8-11(5)15-10(4)7-9(2)3/h9-11H,6-8H2,1-5H3. The molecular weight excluding hydrogens is 192 g/mol. The van der Waals surface area contributed by atoms with Gasteiger partial charge in [-0.3, -0.25) is 4.79 Å². The summed E-state index contributed by atoms with van der Waals surface area (Å²) in [6.07, 6.45) is 1.51. The van der Waals surface area contributed by atoms with Gasteiger partial charge in [-0.15, -0.1) is 0 Å². The summed E-state index contributed by atoms with van der Waals surface area (Å²) in [5.74, 6) is 0.441. The second-order valence-electron chi connectivity index (χ2n) is 4.40. The third kappa shape index (κ3) is 8.43. The minimum absolute atomic E-state index is 0.0576. The Morgan fingerprint density at radius 3 is 2.20 bits per heavy atom. The molecule has 0 heterocycles. The zero-order chi connectivity index (χ0) is 11.8. The van der Waals surface area contributed by atoms with E-state index in [0.29, 0.717) is 18.9 Å². The summed E-state index contributed by atoms with van der Waals surface area (Å²) >= 11 is 0. The highest BCUT2D eigenvalue weighted by molar-refractivity contribution is 5.69. The maximum atomic E-state index is 11.2. The maximum absolute atomic E-state index is 11.2. The van der Waals surface area contributed by atoms with Crippen LogP contribution in [-0.2, 0) is 14.3 Å². The van der Waals surface area contributed by atoms with E-state index in [1.54, 1.807) is 0 Å². The highest BCUT2D eigenvalue weighted by Gasteiger charge is 2.14. The second kappa shape index (κ2) is 7.69. The van der Waals surface area contributed by atoms with E-state index < -0.39 is 0 Å². The van der Waals surface area contributed by atoms with Crippen molar-refractivity contribution in [3.8, 4) is 0 Å². The molecule has 0 fully saturated rings. The highest BCUT2D eigenvalue weighted by atomic mass is 16.5. The van der Waals surface area contributed by atoms with E-state index in [-0.39, 0.29) is 18.2 Å². The van der Waals surface area contributed by atoms with Gasteiger partial charge in [-0.05, 0) is 33.1 Å². The molecule has 0 aliphatic rings. The first kappa shape index (κ1) is 14.4. The molecule has 90 valence electrons. The van der Waals surface area contributed by atoms with Crippen LogP contribution in [0.2, 0.25) is 0 Å². The summed E-state index contributed by atoms with van der Waals surface area (Å²) in [4.78, 5) is 11.2. The molecule has 0 aromatic rings. The van der Waals surface area contributed by atoms with Crippen LogP contribution >= 0.6 is 0 Å². The zero-order valence-electron chi connectivity index (χ0n) is 10.6. The summed E-state index contributed by atoms with van der Waals surface area (Å²) < 4.78 is 10.5. The van der Waals surface area contributed by atoms with E-state index >= 15 is 0 Å². The summed E-state index contributed by atoms with van der Waals surface area (Å²) in [5, 5.41) is 0. The Balaban J connectivity index is 3.72. The van der Waals surface area contributed by atoms with Crippen LogP contribution in [0.15, 0.2) is 0 Å². The van der Waals surface area contributed by atoms with Gasteiger partial charge in [-0.2, -0.15) is 0 Å². The van der Waals surface area contributed by atoms with Crippen molar-refractivity contribution in [1.82, 2.24) is 0 Å². The van der Waals surface area contributed by atoms with E-state index in [4.69, 9.17) is 9.47 Å². The highest BCUT2D eigenvalue weighted by Crippen LogP contribution is 2.11. The van der Waals surface area contributed by atoms with Gasteiger partial charge in [0.2, 0.25) is 0 Å². The first-order valence-electron chi connectivity index (χ1n) is 5.76. The lowest BCUT2D eigenvalue weighted by Gasteiger charge is -2.19. The van der Waals surface area contributed by atoms with Crippen molar-refractivity contribution in [2.75, 3.05) is 6.61 Å². The first-order chi connectivity index (χ1) is 6.95. The normalized spacial score (nSPS) is 15.1.